The van der Waals surface area contributed by atoms with Gasteiger partial charge in [0.15, 0.2) is 23.0 Å². The summed E-state index contributed by atoms with van der Waals surface area (Å²) >= 11 is 18.1. The van der Waals surface area contributed by atoms with E-state index >= 15 is 0 Å². The van der Waals surface area contributed by atoms with E-state index in [4.69, 9.17) is 44.3 Å². The molecule has 0 aliphatic carbocycles. The van der Waals surface area contributed by atoms with Crippen LogP contribution >= 0.6 is 34.8 Å². The van der Waals surface area contributed by atoms with E-state index in [2.05, 4.69) is 0 Å². The van der Waals surface area contributed by atoms with Crippen LogP contribution in [0, 0.1) is 6.92 Å². The van der Waals surface area contributed by atoms with Crippen LogP contribution in [0.5, 0.6) is 23.0 Å². The summed E-state index contributed by atoms with van der Waals surface area (Å²) in [5.41, 5.74) is 0.903. The van der Waals surface area contributed by atoms with Gasteiger partial charge in [-0.25, -0.2) is 0 Å². The van der Waals surface area contributed by atoms with Crippen molar-refractivity contribution in [1.82, 2.24) is 0 Å². The fraction of sp³-hybridized carbons (Fsp3) is 0.0769. The average Bonchev–Trinajstić information content (AvgIpc) is 2.34. The zero-order chi connectivity index (χ0) is 12.9. The highest BCUT2D eigenvalue weighted by Crippen LogP contribution is 2.51. The lowest BCUT2D eigenvalue weighted by atomic mass is 10.2. The van der Waals surface area contributed by atoms with Crippen molar-refractivity contribution in [2.24, 2.45) is 0 Å². The van der Waals surface area contributed by atoms with E-state index in [0.29, 0.717) is 38.1 Å². The van der Waals surface area contributed by atoms with E-state index in [0.717, 1.165) is 5.56 Å². The van der Waals surface area contributed by atoms with Gasteiger partial charge in [0, 0.05) is 11.1 Å². The van der Waals surface area contributed by atoms with Gasteiger partial charge in [0.2, 0.25) is 0 Å². The number of benzene rings is 2. The first kappa shape index (κ1) is 12.0. The van der Waals surface area contributed by atoms with Gasteiger partial charge in [0.1, 0.15) is 5.02 Å². The van der Waals surface area contributed by atoms with Crippen molar-refractivity contribution >= 4 is 34.8 Å². The van der Waals surface area contributed by atoms with Crippen molar-refractivity contribution in [2.45, 2.75) is 6.92 Å². The van der Waals surface area contributed by atoms with Gasteiger partial charge in [-0.3, -0.25) is 0 Å². The van der Waals surface area contributed by atoms with Crippen LogP contribution in [0.4, 0.5) is 0 Å². The van der Waals surface area contributed by atoms with Gasteiger partial charge in [-0.2, -0.15) is 0 Å². The maximum atomic E-state index is 6.09. The molecule has 0 saturated heterocycles. The molecule has 2 aromatic rings. The lowest BCUT2D eigenvalue weighted by molar-refractivity contribution is 0.359. The second-order valence-electron chi connectivity index (χ2n) is 3.94. The van der Waals surface area contributed by atoms with Crippen molar-refractivity contribution < 1.29 is 9.47 Å². The van der Waals surface area contributed by atoms with Crippen molar-refractivity contribution in [1.29, 1.82) is 0 Å². The predicted octanol–water partition coefficient (Wildman–Crippen LogP) is 5.85. The van der Waals surface area contributed by atoms with Crippen LogP contribution in [0.3, 0.4) is 0 Å². The minimum absolute atomic E-state index is 0.340. The Hall–Kier alpha value is -1.09. The van der Waals surface area contributed by atoms with E-state index in [1.807, 2.05) is 6.92 Å². The molecule has 0 saturated carbocycles. The molecule has 0 bridgehead atoms. The standard InChI is InChI=1S/C13H7Cl3O2/c1-6-4-10-11(5-8(6)15)17-9-3-2-7(14)12(16)13(9)18-10/h2-5H,1H3. The van der Waals surface area contributed by atoms with Crippen LogP contribution in [0.1, 0.15) is 5.56 Å². The molecule has 0 atom stereocenters. The summed E-state index contributed by atoms with van der Waals surface area (Å²) in [5.74, 6) is 2.10. The van der Waals surface area contributed by atoms with Gasteiger partial charge in [-0.05, 0) is 30.7 Å². The fourth-order valence-corrected chi connectivity index (χ4v) is 2.21. The molecule has 2 aromatic carbocycles. The summed E-state index contributed by atoms with van der Waals surface area (Å²) in [7, 11) is 0. The number of rotatable bonds is 0. The summed E-state index contributed by atoms with van der Waals surface area (Å²) in [6.45, 7) is 1.89. The fourth-order valence-electron chi connectivity index (χ4n) is 1.71. The molecule has 2 nitrogen and oxygen atoms in total. The van der Waals surface area contributed by atoms with Crippen LogP contribution in [-0.2, 0) is 0 Å². The molecule has 5 heteroatoms. The number of hydrogen-bond donors (Lipinski definition) is 0. The number of fused-ring (bicyclic) bond motifs is 2. The van der Waals surface area contributed by atoms with E-state index in [-0.39, 0.29) is 0 Å². The third-order valence-corrected chi connectivity index (χ3v) is 3.86. The van der Waals surface area contributed by atoms with Crippen LogP contribution in [0.2, 0.25) is 15.1 Å². The molecule has 0 spiro atoms. The average molecular weight is 302 g/mol. The summed E-state index contributed by atoms with van der Waals surface area (Å²) in [6.07, 6.45) is 0. The molecule has 0 fully saturated rings. The maximum absolute atomic E-state index is 6.09. The number of halogens is 3. The van der Waals surface area contributed by atoms with E-state index in [1.54, 1.807) is 24.3 Å². The molecule has 92 valence electrons. The van der Waals surface area contributed by atoms with Gasteiger partial charge in [0.25, 0.3) is 0 Å². The first-order valence-electron chi connectivity index (χ1n) is 5.20. The molecule has 0 unspecified atom stereocenters. The predicted molar refractivity (Wildman–Crippen MR) is 72.8 cm³/mol. The Morgan fingerprint density at radius 1 is 0.833 bits per heavy atom. The minimum Gasteiger partial charge on any atom is -0.449 e. The van der Waals surface area contributed by atoms with E-state index < -0.39 is 0 Å². The Kier molecular flexibility index (Phi) is 2.81. The molecule has 0 radical (unpaired) electrons. The number of hydrogen-bond acceptors (Lipinski definition) is 2. The molecule has 1 aliphatic heterocycles. The van der Waals surface area contributed by atoms with Crippen molar-refractivity contribution in [3.05, 3.63) is 44.9 Å². The molecule has 1 aliphatic rings. The molecule has 0 aromatic heterocycles. The van der Waals surface area contributed by atoms with Crippen molar-refractivity contribution in [3.63, 3.8) is 0 Å². The van der Waals surface area contributed by atoms with Crippen molar-refractivity contribution in [2.75, 3.05) is 0 Å². The molecule has 1 heterocycles. The number of ether oxygens (including phenoxy) is 2. The zero-order valence-corrected chi connectivity index (χ0v) is 11.5. The highest BCUT2D eigenvalue weighted by Gasteiger charge is 2.23. The Balaban J connectivity index is 2.15. The van der Waals surface area contributed by atoms with E-state index in [9.17, 15) is 0 Å². The van der Waals surface area contributed by atoms with Crippen LogP contribution < -0.4 is 9.47 Å². The number of aryl methyl sites for hydroxylation is 1. The SMILES string of the molecule is Cc1cc2c(cc1Cl)Oc1ccc(Cl)c(Cl)c1O2. The monoisotopic (exact) mass is 300 g/mol. The van der Waals surface area contributed by atoms with Gasteiger partial charge in [-0.15, -0.1) is 0 Å². The second-order valence-corrected chi connectivity index (χ2v) is 5.13. The van der Waals surface area contributed by atoms with Gasteiger partial charge in [0.05, 0.1) is 5.02 Å². The first-order chi connectivity index (χ1) is 8.56. The van der Waals surface area contributed by atoms with Gasteiger partial charge < -0.3 is 9.47 Å². The van der Waals surface area contributed by atoms with Gasteiger partial charge >= 0.3 is 0 Å². The summed E-state index contributed by atoms with van der Waals surface area (Å²) in [4.78, 5) is 0. The molecule has 0 amide bonds. The maximum Gasteiger partial charge on any atom is 0.190 e. The van der Waals surface area contributed by atoms with Crippen molar-refractivity contribution in [3.8, 4) is 23.0 Å². The van der Waals surface area contributed by atoms with Gasteiger partial charge in [-0.1, -0.05) is 34.8 Å². The minimum atomic E-state index is 0.340. The summed E-state index contributed by atoms with van der Waals surface area (Å²) in [6, 6.07) is 6.89. The van der Waals surface area contributed by atoms with Crippen LogP contribution in [0.25, 0.3) is 0 Å². The van der Waals surface area contributed by atoms with E-state index in [1.165, 1.54) is 0 Å². The normalized spacial score (nSPS) is 12.2. The Bertz CT molecular complexity index is 653. The van der Waals surface area contributed by atoms with Crippen LogP contribution in [-0.4, -0.2) is 0 Å². The molecular formula is C13H7Cl3O2. The Labute approximate surface area is 119 Å². The second kappa shape index (κ2) is 4.23. The third kappa shape index (κ3) is 1.81. The zero-order valence-electron chi connectivity index (χ0n) is 9.26. The lowest BCUT2D eigenvalue weighted by Gasteiger charge is -2.22. The quantitative estimate of drug-likeness (QED) is 0.518. The topological polar surface area (TPSA) is 18.5 Å². The Morgan fingerprint density at radius 3 is 2.33 bits per heavy atom. The highest BCUT2D eigenvalue weighted by atomic mass is 35.5. The summed E-state index contributed by atoms with van der Waals surface area (Å²) in [5, 5.41) is 1.39. The lowest BCUT2D eigenvalue weighted by Crippen LogP contribution is -2.00. The molecule has 3 rings (SSSR count). The highest BCUT2D eigenvalue weighted by molar-refractivity contribution is 6.43. The largest absolute Gasteiger partial charge is 0.449 e. The Morgan fingerprint density at radius 2 is 1.56 bits per heavy atom. The molecular weight excluding hydrogens is 295 g/mol. The van der Waals surface area contributed by atoms with Crippen LogP contribution in [0.15, 0.2) is 24.3 Å². The molecule has 18 heavy (non-hydrogen) atoms. The first-order valence-corrected chi connectivity index (χ1v) is 6.33. The third-order valence-electron chi connectivity index (χ3n) is 2.67. The molecule has 0 N–H and O–H groups in total. The summed E-state index contributed by atoms with van der Waals surface area (Å²) < 4.78 is 11.4. The smallest absolute Gasteiger partial charge is 0.190 e.